The number of nitrogens with zero attached hydrogens (tertiary/aromatic N) is 1. The molecule has 0 radical (unpaired) electrons. The zero-order valence-electron chi connectivity index (χ0n) is 11.3. The molecule has 3 nitrogen and oxygen atoms in total. The first-order valence-corrected chi connectivity index (χ1v) is 6.90. The fraction of sp³-hybridized carbons (Fsp3) is 0.600. The molecule has 0 fully saturated rings. The highest BCUT2D eigenvalue weighted by Crippen LogP contribution is 2.30. The molecule has 0 saturated carbocycles. The van der Waals surface area contributed by atoms with Crippen LogP contribution in [0.2, 0.25) is 0 Å². The van der Waals surface area contributed by atoms with Gasteiger partial charge in [-0.1, -0.05) is 18.2 Å². The average molecular weight is 248 g/mol. The average Bonchev–Trinajstić information content (AvgIpc) is 2.43. The number of aryl methyl sites for hydroxylation is 1. The highest BCUT2D eigenvalue weighted by molar-refractivity contribution is 5.56. The van der Waals surface area contributed by atoms with Crippen LogP contribution in [0.5, 0.6) is 0 Å². The highest BCUT2D eigenvalue weighted by Gasteiger charge is 2.24. The summed E-state index contributed by atoms with van der Waals surface area (Å²) in [6.07, 6.45) is 4.62. The molecule has 2 rings (SSSR count). The lowest BCUT2D eigenvalue weighted by Crippen LogP contribution is -2.44. The minimum atomic E-state index is 0.502. The maximum atomic E-state index is 5.91. The number of unbranched alkanes of at least 4 members (excludes halogenated alkanes) is 1. The largest absolute Gasteiger partial charge is 0.385 e. The maximum absolute atomic E-state index is 5.91. The van der Waals surface area contributed by atoms with E-state index in [9.17, 15) is 0 Å². The number of methoxy groups -OCH3 is 1. The summed E-state index contributed by atoms with van der Waals surface area (Å²) in [4.78, 5) is 2.49. The molecule has 1 aromatic rings. The molecule has 3 heteroatoms. The Bertz CT molecular complexity index is 367. The van der Waals surface area contributed by atoms with Crippen LogP contribution in [0.4, 0.5) is 5.69 Å². The third-order valence-corrected chi connectivity index (χ3v) is 3.76. The van der Waals surface area contributed by atoms with Crippen LogP contribution >= 0.6 is 0 Å². The predicted molar refractivity (Wildman–Crippen MR) is 76.1 cm³/mol. The summed E-state index contributed by atoms with van der Waals surface area (Å²) in [7, 11) is 1.76. The van der Waals surface area contributed by atoms with Crippen LogP contribution in [0, 0.1) is 0 Å². The van der Waals surface area contributed by atoms with E-state index >= 15 is 0 Å². The number of anilines is 1. The quantitative estimate of drug-likeness (QED) is 0.784. The number of para-hydroxylation sites is 1. The zero-order valence-corrected chi connectivity index (χ0v) is 11.3. The minimum Gasteiger partial charge on any atom is -0.385 e. The lowest BCUT2D eigenvalue weighted by atomic mass is 9.95. The first-order chi connectivity index (χ1) is 8.86. The Hall–Kier alpha value is -1.06. The molecule has 0 spiro atoms. The number of ether oxygens (including phenoxy) is 1. The predicted octanol–water partition coefficient (Wildman–Crippen LogP) is 2.19. The molecule has 0 aliphatic carbocycles. The van der Waals surface area contributed by atoms with E-state index in [1.165, 1.54) is 24.1 Å². The van der Waals surface area contributed by atoms with E-state index in [1.54, 1.807) is 7.11 Å². The summed E-state index contributed by atoms with van der Waals surface area (Å²) in [6.45, 7) is 2.68. The van der Waals surface area contributed by atoms with Gasteiger partial charge in [0.15, 0.2) is 0 Å². The molecule has 1 unspecified atom stereocenters. The molecule has 18 heavy (non-hydrogen) atoms. The van der Waals surface area contributed by atoms with Gasteiger partial charge in [-0.05, 0) is 37.3 Å². The van der Waals surface area contributed by atoms with E-state index < -0.39 is 0 Å². The van der Waals surface area contributed by atoms with Gasteiger partial charge in [0.2, 0.25) is 0 Å². The number of rotatable bonds is 6. The van der Waals surface area contributed by atoms with Gasteiger partial charge >= 0.3 is 0 Å². The van der Waals surface area contributed by atoms with Gasteiger partial charge in [0.1, 0.15) is 0 Å². The van der Waals surface area contributed by atoms with Crippen LogP contribution in [-0.2, 0) is 11.2 Å². The molecular weight excluding hydrogens is 224 g/mol. The van der Waals surface area contributed by atoms with Gasteiger partial charge in [-0.2, -0.15) is 0 Å². The molecule has 0 saturated heterocycles. The summed E-state index contributed by atoms with van der Waals surface area (Å²) < 4.78 is 5.11. The van der Waals surface area contributed by atoms with E-state index in [0.717, 1.165) is 32.5 Å². The van der Waals surface area contributed by atoms with E-state index in [2.05, 4.69) is 29.2 Å². The highest BCUT2D eigenvalue weighted by atomic mass is 16.5. The van der Waals surface area contributed by atoms with Gasteiger partial charge in [0, 0.05) is 38.5 Å². The number of fused-ring (bicyclic) bond motifs is 1. The molecule has 1 aliphatic rings. The SMILES string of the molecule is COCCCCN1c2ccccc2CCC1CN. The normalized spacial score (nSPS) is 18.8. The lowest BCUT2D eigenvalue weighted by Gasteiger charge is -2.38. The molecule has 0 amide bonds. The molecule has 1 heterocycles. The van der Waals surface area contributed by atoms with Crippen molar-refractivity contribution >= 4 is 5.69 Å². The van der Waals surface area contributed by atoms with E-state index in [-0.39, 0.29) is 0 Å². The molecule has 0 aromatic heterocycles. The summed E-state index contributed by atoms with van der Waals surface area (Å²) in [6, 6.07) is 9.23. The monoisotopic (exact) mass is 248 g/mol. The van der Waals surface area contributed by atoms with Crippen molar-refractivity contribution in [2.24, 2.45) is 5.73 Å². The van der Waals surface area contributed by atoms with Crippen molar-refractivity contribution < 1.29 is 4.74 Å². The van der Waals surface area contributed by atoms with Gasteiger partial charge in [0.05, 0.1) is 0 Å². The van der Waals surface area contributed by atoms with Crippen LogP contribution < -0.4 is 10.6 Å². The van der Waals surface area contributed by atoms with Gasteiger partial charge < -0.3 is 15.4 Å². The van der Waals surface area contributed by atoms with Gasteiger partial charge in [-0.15, -0.1) is 0 Å². The Kier molecular flexibility index (Phi) is 5.02. The Labute approximate surface area is 110 Å². The number of hydrogen-bond acceptors (Lipinski definition) is 3. The van der Waals surface area contributed by atoms with Crippen molar-refractivity contribution in [1.29, 1.82) is 0 Å². The molecule has 0 bridgehead atoms. The molecular formula is C15H24N2O. The van der Waals surface area contributed by atoms with Crippen LogP contribution in [0.1, 0.15) is 24.8 Å². The fourth-order valence-electron chi connectivity index (χ4n) is 2.75. The minimum absolute atomic E-state index is 0.502. The second kappa shape index (κ2) is 6.76. The number of benzene rings is 1. The first-order valence-electron chi connectivity index (χ1n) is 6.90. The van der Waals surface area contributed by atoms with E-state index in [0.29, 0.717) is 6.04 Å². The molecule has 2 N–H and O–H groups in total. The number of hydrogen-bond donors (Lipinski definition) is 1. The second-order valence-corrected chi connectivity index (χ2v) is 4.95. The molecule has 1 aliphatic heterocycles. The number of nitrogens with two attached hydrogens (primary N) is 1. The van der Waals surface area contributed by atoms with Gasteiger partial charge in [0.25, 0.3) is 0 Å². The third kappa shape index (κ3) is 3.03. The van der Waals surface area contributed by atoms with Crippen molar-refractivity contribution in [2.45, 2.75) is 31.7 Å². The molecule has 1 aromatic carbocycles. The Morgan fingerprint density at radius 1 is 1.33 bits per heavy atom. The van der Waals surface area contributed by atoms with Crippen LogP contribution in [-0.4, -0.2) is 32.8 Å². The van der Waals surface area contributed by atoms with Gasteiger partial charge in [-0.3, -0.25) is 0 Å². The van der Waals surface area contributed by atoms with Crippen molar-refractivity contribution in [3.8, 4) is 0 Å². The Morgan fingerprint density at radius 2 is 2.17 bits per heavy atom. The summed E-state index contributed by atoms with van der Waals surface area (Å²) >= 11 is 0. The topological polar surface area (TPSA) is 38.5 Å². The third-order valence-electron chi connectivity index (χ3n) is 3.76. The Morgan fingerprint density at radius 3 is 2.94 bits per heavy atom. The van der Waals surface area contributed by atoms with Gasteiger partial charge in [-0.25, -0.2) is 0 Å². The van der Waals surface area contributed by atoms with Crippen molar-refractivity contribution in [3.63, 3.8) is 0 Å². The fourth-order valence-corrected chi connectivity index (χ4v) is 2.75. The zero-order chi connectivity index (χ0) is 12.8. The van der Waals surface area contributed by atoms with E-state index in [4.69, 9.17) is 10.5 Å². The van der Waals surface area contributed by atoms with E-state index in [1.807, 2.05) is 0 Å². The first kappa shape index (κ1) is 13.4. The standard InChI is InChI=1S/C15H24N2O/c1-18-11-5-4-10-17-14(12-16)9-8-13-6-2-3-7-15(13)17/h2-3,6-7,14H,4-5,8-12,16H2,1H3. The molecule has 100 valence electrons. The summed E-state index contributed by atoms with van der Waals surface area (Å²) in [5.74, 6) is 0. The second-order valence-electron chi connectivity index (χ2n) is 4.95. The lowest BCUT2D eigenvalue weighted by molar-refractivity contribution is 0.193. The Balaban J connectivity index is 2.04. The van der Waals surface area contributed by atoms with Crippen LogP contribution in [0.25, 0.3) is 0 Å². The van der Waals surface area contributed by atoms with Crippen molar-refractivity contribution in [3.05, 3.63) is 29.8 Å². The smallest absolute Gasteiger partial charge is 0.0462 e. The van der Waals surface area contributed by atoms with Crippen molar-refractivity contribution in [2.75, 3.05) is 31.7 Å². The summed E-state index contributed by atoms with van der Waals surface area (Å²) in [5.41, 5.74) is 8.77. The van der Waals surface area contributed by atoms with Crippen LogP contribution in [0.15, 0.2) is 24.3 Å². The van der Waals surface area contributed by atoms with Crippen LogP contribution in [0.3, 0.4) is 0 Å². The summed E-state index contributed by atoms with van der Waals surface area (Å²) in [5, 5.41) is 0. The molecule has 1 atom stereocenters. The van der Waals surface area contributed by atoms with Crippen molar-refractivity contribution in [1.82, 2.24) is 0 Å². The maximum Gasteiger partial charge on any atom is 0.0462 e.